The number of carbonyl (C=O) groups is 2. The number of alkyl halides is 1. The molecule has 1 aliphatic heterocycles. The number of nitrogens with one attached hydrogen (secondary N) is 1. The summed E-state index contributed by atoms with van der Waals surface area (Å²) < 4.78 is 0. The predicted octanol–water partition coefficient (Wildman–Crippen LogP) is -0.360. The summed E-state index contributed by atoms with van der Waals surface area (Å²) in [6.45, 7) is 0. The molecule has 0 spiro atoms. The zero-order valence-corrected chi connectivity index (χ0v) is 4.73. The van der Waals surface area contributed by atoms with Crippen LogP contribution in [0.1, 0.15) is 6.42 Å². The normalized spacial score (nSPS) is 28.4. The Kier molecular flexibility index (Phi) is 1.21. The molecule has 3 nitrogen and oxygen atoms in total. The summed E-state index contributed by atoms with van der Waals surface area (Å²) >= 11 is 5.32. The lowest BCUT2D eigenvalue weighted by atomic mass is 10.4. The summed E-state index contributed by atoms with van der Waals surface area (Å²) in [5.41, 5.74) is 0. The van der Waals surface area contributed by atoms with Gasteiger partial charge in [-0.05, 0) is 0 Å². The van der Waals surface area contributed by atoms with Crippen LogP contribution in [0.5, 0.6) is 0 Å². The van der Waals surface area contributed by atoms with Gasteiger partial charge in [-0.2, -0.15) is 0 Å². The third kappa shape index (κ3) is 0.816. The van der Waals surface area contributed by atoms with Gasteiger partial charge in [0.25, 0.3) is 0 Å². The van der Waals surface area contributed by atoms with Crippen LogP contribution in [-0.2, 0) is 9.59 Å². The van der Waals surface area contributed by atoms with E-state index in [2.05, 4.69) is 5.32 Å². The van der Waals surface area contributed by atoms with Gasteiger partial charge >= 0.3 is 0 Å². The number of carbonyl (C=O) groups excluding carboxylic acids is 2. The molecule has 0 saturated carbocycles. The molecule has 1 fully saturated rings. The number of rotatable bonds is 0. The highest BCUT2D eigenvalue weighted by molar-refractivity contribution is 6.35. The van der Waals surface area contributed by atoms with E-state index in [4.69, 9.17) is 11.6 Å². The molecular weight excluding hydrogens is 130 g/mol. The molecule has 0 radical (unpaired) electrons. The first kappa shape index (κ1) is 5.56. The first-order valence-corrected chi connectivity index (χ1v) is 2.61. The molecule has 0 aromatic heterocycles. The Balaban J connectivity index is 2.64. The minimum Gasteiger partial charge on any atom is -0.295 e. The lowest BCUT2D eigenvalue weighted by Gasteiger charge is -1.85. The highest BCUT2D eigenvalue weighted by Gasteiger charge is 2.27. The van der Waals surface area contributed by atoms with E-state index < -0.39 is 5.38 Å². The Morgan fingerprint density at radius 3 is 2.38 bits per heavy atom. The maximum absolute atomic E-state index is 10.3. The molecule has 0 bridgehead atoms. The molecule has 0 aromatic carbocycles. The minimum absolute atomic E-state index is 0.125. The minimum atomic E-state index is -0.637. The van der Waals surface area contributed by atoms with Crippen LogP contribution >= 0.6 is 11.6 Å². The summed E-state index contributed by atoms with van der Waals surface area (Å²) in [6, 6.07) is 0. The average Bonchev–Trinajstić information content (AvgIpc) is 1.85. The topological polar surface area (TPSA) is 46.2 Å². The van der Waals surface area contributed by atoms with Crippen molar-refractivity contribution < 1.29 is 9.59 Å². The SMILES string of the molecule is O=C1C[C@@H](Cl)C(=O)N1. The van der Waals surface area contributed by atoms with Gasteiger partial charge in [-0.15, -0.1) is 11.6 Å². The fraction of sp³-hybridized carbons (Fsp3) is 0.500. The molecule has 1 rings (SSSR count). The summed E-state index contributed by atoms with van der Waals surface area (Å²) in [7, 11) is 0. The van der Waals surface area contributed by atoms with Crippen LogP contribution in [0.2, 0.25) is 0 Å². The molecule has 44 valence electrons. The van der Waals surface area contributed by atoms with Gasteiger partial charge in [0.15, 0.2) is 0 Å². The Labute approximate surface area is 51.0 Å². The lowest BCUT2D eigenvalue weighted by molar-refractivity contribution is -0.124. The first-order valence-electron chi connectivity index (χ1n) is 2.18. The number of hydrogen-bond acceptors (Lipinski definition) is 2. The van der Waals surface area contributed by atoms with Crippen molar-refractivity contribution in [3.63, 3.8) is 0 Å². The van der Waals surface area contributed by atoms with Gasteiger partial charge < -0.3 is 0 Å². The summed E-state index contributed by atoms with van der Waals surface area (Å²) in [4.78, 5) is 20.6. The van der Waals surface area contributed by atoms with E-state index in [1.54, 1.807) is 0 Å². The van der Waals surface area contributed by atoms with Crippen LogP contribution in [0.15, 0.2) is 0 Å². The van der Waals surface area contributed by atoms with Gasteiger partial charge in [-0.3, -0.25) is 14.9 Å². The Hall–Kier alpha value is -0.570. The van der Waals surface area contributed by atoms with E-state index in [1.165, 1.54) is 0 Å². The van der Waals surface area contributed by atoms with Gasteiger partial charge in [0.05, 0.1) is 6.42 Å². The van der Waals surface area contributed by atoms with Gasteiger partial charge in [0.2, 0.25) is 11.8 Å². The molecule has 1 aliphatic rings. The number of amides is 2. The molecule has 2 amide bonds. The highest BCUT2D eigenvalue weighted by Crippen LogP contribution is 2.07. The van der Waals surface area contributed by atoms with Gasteiger partial charge in [0.1, 0.15) is 5.38 Å². The van der Waals surface area contributed by atoms with Crippen LogP contribution in [0.3, 0.4) is 0 Å². The van der Waals surface area contributed by atoms with Crippen LogP contribution in [0.4, 0.5) is 0 Å². The molecule has 1 heterocycles. The zero-order chi connectivity index (χ0) is 6.15. The Bertz CT molecular complexity index is 145. The fourth-order valence-corrected chi connectivity index (χ4v) is 0.717. The van der Waals surface area contributed by atoms with Crippen molar-refractivity contribution in [1.82, 2.24) is 5.32 Å². The van der Waals surface area contributed by atoms with E-state index in [0.29, 0.717) is 0 Å². The van der Waals surface area contributed by atoms with Crippen LogP contribution in [0, 0.1) is 0 Å². The summed E-state index contributed by atoms with van der Waals surface area (Å²) in [5, 5.41) is 1.42. The van der Waals surface area contributed by atoms with Crippen LogP contribution < -0.4 is 5.32 Å². The van der Waals surface area contributed by atoms with Crippen molar-refractivity contribution in [3.05, 3.63) is 0 Å². The second-order valence-electron chi connectivity index (χ2n) is 1.58. The molecular formula is C4H4ClNO2. The number of imide groups is 1. The smallest absolute Gasteiger partial charge is 0.245 e. The molecule has 1 atom stereocenters. The van der Waals surface area contributed by atoms with Crippen molar-refractivity contribution >= 4 is 23.4 Å². The van der Waals surface area contributed by atoms with E-state index in [-0.39, 0.29) is 18.2 Å². The van der Waals surface area contributed by atoms with Crippen molar-refractivity contribution in [3.8, 4) is 0 Å². The standard InChI is InChI=1S/C4H4ClNO2/c5-2-1-3(7)6-4(2)8/h2H,1H2,(H,6,7,8)/t2-/m1/s1. The van der Waals surface area contributed by atoms with Crippen LogP contribution in [0.25, 0.3) is 0 Å². The highest BCUT2D eigenvalue weighted by atomic mass is 35.5. The van der Waals surface area contributed by atoms with E-state index in [1.807, 2.05) is 0 Å². The summed E-state index contributed by atoms with van der Waals surface area (Å²) in [6.07, 6.45) is 0.125. The van der Waals surface area contributed by atoms with Crippen molar-refractivity contribution in [2.75, 3.05) is 0 Å². The van der Waals surface area contributed by atoms with Crippen LogP contribution in [-0.4, -0.2) is 17.2 Å². The average molecular weight is 134 g/mol. The molecule has 1 N–H and O–H groups in total. The van der Waals surface area contributed by atoms with Crippen molar-refractivity contribution in [2.45, 2.75) is 11.8 Å². The number of halogens is 1. The summed E-state index contributed by atoms with van der Waals surface area (Å²) in [5.74, 6) is -0.660. The van der Waals surface area contributed by atoms with Gasteiger partial charge in [-0.1, -0.05) is 0 Å². The molecule has 0 unspecified atom stereocenters. The van der Waals surface area contributed by atoms with Crippen molar-refractivity contribution in [1.29, 1.82) is 0 Å². The largest absolute Gasteiger partial charge is 0.295 e. The molecule has 8 heavy (non-hydrogen) atoms. The maximum Gasteiger partial charge on any atom is 0.245 e. The predicted molar refractivity (Wildman–Crippen MR) is 27.4 cm³/mol. The second-order valence-corrected chi connectivity index (χ2v) is 2.11. The zero-order valence-electron chi connectivity index (χ0n) is 3.98. The molecule has 0 aromatic rings. The van der Waals surface area contributed by atoms with E-state index in [9.17, 15) is 9.59 Å². The first-order chi connectivity index (χ1) is 3.70. The monoisotopic (exact) mass is 133 g/mol. The quantitative estimate of drug-likeness (QED) is 0.362. The third-order valence-electron chi connectivity index (χ3n) is 0.912. The molecule has 1 saturated heterocycles. The van der Waals surface area contributed by atoms with Gasteiger partial charge in [0, 0.05) is 0 Å². The number of hydrogen-bond donors (Lipinski definition) is 1. The third-order valence-corrected chi connectivity index (χ3v) is 1.26. The van der Waals surface area contributed by atoms with Crippen molar-refractivity contribution in [2.24, 2.45) is 0 Å². The fourth-order valence-electron chi connectivity index (χ4n) is 0.522. The molecule has 0 aliphatic carbocycles. The Morgan fingerprint density at radius 1 is 1.62 bits per heavy atom. The maximum atomic E-state index is 10.3. The lowest BCUT2D eigenvalue weighted by Crippen LogP contribution is -2.21. The van der Waals surface area contributed by atoms with Gasteiger partial charge in [-0.25, -0.2) is 0 Å². The van der Waals surface area contributed by atoms with E-state index >= 15 is 0 Å². The Morgan fingerprint density at radius 2 is 2.25 bits per heavy atom. The second kappa shape index (κ2) is 1.74. The molecule has 4 heteroatoms. The van der Waals surface area contributed by atoms with E-state index in [0.717, 1.165) is 0 Å².